The van der Waals surface area contributed by atoms with Gasteiger partial charge in [-0.3, -0.25) is 9.36 Å². The number of esters is 1. The predicted octanol–water partition coefficient (Wildman–Crippen LogP) is 4.43. The summed E-state index contributed by atoms with van der Waals surface area (Å²) < 4.78 is 13.4. The highest BCUT2D eigenvalue weighted by Crippen LogP contribution is 2.33. The zero-order valence-corrected chi connectivity index (χ0v) is 21.4. The van der Waals surface area contributed by atoms with Crippen LogP contribution in [0.2, 0.25) is 0 Å². The van der Waals surface area contributed by atoms with E-state index in [1.807, 2.05) is 61.7 Å². The number of benzene rings is 1. The zero-order chi connectivity index (χ0) is 24.2. The number of thiazole rings is 1. The Morgan fingerprint density at radius 3 is 2.65 bits per heavy atom. The molecule has 0 saturated carbocycles. The molecule has 0 fully saturated rings. The van der Waals surface area contributed by atoms with Gasteiger partial charge in [0.05, 0.1) is 28.5 Å². The summed E-state index contributed by atoms with van der Waals surface area (Å²) in [5.74, 6) is 0.372. The molecule has 4 rings (SSSR count). The molecule has 3 heterocycles. The lowest BCUT2D eigenvalue weighted by Gasteiger charge is -2.24. The van der Waals surface area contributed by atoms with Crippen LogP contribution in [0.25, 0.3) is 6.08 Å². The lowest BCUT2D eigenvalue weighted by molar-refractivity contribution is -0.143. The van der Waals surface area contributed by atoms with Crippen molar-refractivity contribution in [2.75, 3.05) is 6.61 Å². The van der Waals surface area contributed by atoms with E-state index in [1.54, 1.807) is 11.5 Å². The molecule has 1 aromatic carbocycles. The van der Waals surface area contributed by atoms with E-state index in [0.717, 1.165) is 29.0 Å². The molecular formula is C26H28N2O4S2. The van der Waals surface area contributed by atoms with E-state index in [0.29, 0.717) is 27.2 Å². The number of hydrogen-bond acceptors (Lipinski definition) is 7. The standard InChI is InChI=1S/C26H28N2O4S2/c1-5-6-13-31-19-11-9-18(10-12-19)15-21-24(29)28-23(20-8-7-14-33-20)22(25(30)32-16(2)3)17(4)27-26(28)34-21/h7-12,14-16,23H,5-6,13H2,1-4H3. The van der Waals surface area contributed by atoms with Crippen LogP contribution in [-0.4, -0.2) is 23.2 Å². The number of aromatic nitrogens is 1. The number of ether oxygens (including phenoxy) is 2. The first-order valence-corrected chi connectivity index (χ1v) is 13.1. The third kappa shape index (κ3) is 5.08. The maximum atomic E-state index is 13.5. The Morgan fingerprint density at radius 1 is 1.24 bits per heavy atom. The molecule has 1 unspecified atom stereocenters. The van der Waals surface area contributed by atoms with Gasteiger partial charge < -0.3 is 9.47 Å². The summed E-state index contributed by atoms with van der Waals surface area (Å²) in [7, 11) is 0. The number of unbranched alkanes of at least 4 members (excludes halogenated alkanes) is 1. The highest BCUT2D eigenvalue weighted by molar-refractivity contribution is 7.10. The van der Waals surface area contributed by atoms with E-state index in [-0.39, 0.29) is 11.7 Å². The van der Waals surface area contributed by atoms with Gasteiger partial charge in [-0.05, 0) is 62.4 Å². The molecule has 0 saturated heterocycles. The molecule has 0 N–H and O–H groups in total. The minimum atomic E-state index is -0.556. The maximum absolute atomic E-state index is 13.5. The van der Waals surface area contributed by atoms with Crippen LogP contribution in [0.4, 0.5) is 0 Å². The van der Waals surface area contributed by atoms with Gasteiger partial charge in [-0.2, -0.15) is 0 Å². The summed E-state index contributed by atoms with van der Waals surface area (Å²) in [5.41, 5.74) is 1.71. The minimum Gasteiger partial charge on any atom is -0.494 e. The van der Waals surface area contributed by atoms with Crippen LogP contribution in [0.5, 0.6) is 5.75 Å². The van der Waals surface area contributed by atoms with Gasteiger partial charge in [0.25, 0.3) is 5.56 Å². The largest absolute Gasteiger partial charge is 0.494 e. The van der Waals surface area contributed by atoms with E-state index >= 15 is 0 Å². The van der Waals surface area contributed by atoms with Crippen molar-refractivity contribution < 1.29 is 14.3 Å². The molecule has 1 aliphatic rings. The van der Waals surface area contributed by atoms with Crippen LogP contribution in [0.1, 0.15) is 57.0 Å². The lowest BCUT2D eigenvalue weighted by Crippen LogP contribution is -2.39. The van der Waals surface area contributed by atoms with Crippen molar-refractivity contribution in [1.29, 1.82) is 0 Å². The number of thiophene rings is 1. The van der Waals surface area contributed by atoms with Crippen molar-refractivity contribution in [2.24, 2.45) is 4.99 Å². The molecule has 8 heteroatoms. The normalized spacial score (nSPS) is 15.9. The molecule has 0 bridgehead atoms. The maximum Gasteiger partial charge on any atom is 0.338 e. The molecule has 0 amide bonds. The highest BCUT2D eigenvalue weighted by Gasteiger charge is 2.34. The van der Waals surface area contributed by atoms with E-state index in [9.17, 15) is 9.59 Å². The van der Waals surface area contributed by atoms with E-state index in [1.165, 1.54) is 22.7 Å². The van der Waals surface area contributed by atoms with Gasteiger partial charge in [-0.15, -0.1) is 11.3 Å². The zero-order valence-electron chi connectivity index (χ0n) is 19.7. The predicted molar refractivity (Wildman–Crippen MR) is 136 cm³/mol. The molecule has 1 atom stereocenters. The fourth-order valence-electron chi connectivity index (χ4n) is 3.72. The second kappa shape index (κ2) is 10.5. The summed E-state index contributed by atoms with van der Waals surface area (Å²) in [4.78, 5) is 32.6. The Hall–Kier alpha value is -2.97. The van der Waals surface area contributed by atoms with Crippen LogP contribution in [-0.2, 0) is 9.53 Å². The van der Waals surface area contributed by atoms with Crippen molar-refractivity contribution >= 4 is 34.7 Å². The van der Waals surface area contributed by atoms with Crippen molar-refractivity contribution in [1.82, 2.24) is 4.57 Å². The van der Waals surface area contributed by atoms with Crippen LogP contribution in [0.3, 0.4) is 0 Å². The highest BCUT2D eigenvalue weighted by atomic mass is 32.1. The number of carbonyl (C=O) groups excluding carboxylic acids is 1. The Kier molecular flexibility index (Phi) is 7.48. The molecule has 3 aromatic rings. The molecular weight excluding hydrogens is 468 g/mol. The fourth-order valence-corrected chi connectivity index (χ4v) is 5.59. The van der Waals surface area contributed by atoms with E-state index in [4.69, 9.17) is 9.47 Å². The molecule has 0 spiro atoms. The summed E-state index contributed by atoms with van der Waals surface area (Å²) in [5, 5.41) is 1.94. The molecule has 0 radical (unpaired) electrons. The molecule has 6 nitrogen and oxygen atoms in total. The second-order valence-corrected chi connectivity index (χ2v) is 10.3. The van der Waals surface area contributed by atoms with Gasteiger partial charge >= 0.3 is 5.97 Å². The first-order valence-electron chi connectivity index (χ1n) is 11.4. The number of carbonyl (C=O) groups is 1. The molecule has 1 aliphatic heterocycles. The van der Waals surface area contributed by atoms with Crippen molar-refractivity contribution in [3.8, 4) is 5.75 Å². The smallest absolute Gasteiger partial charge is 0.338 e. The number of allylic oxidation sites excluding steroid dienone is 1. The Bertz CT molecular complexity index is 1360. The topological polar surface area (TPSA) is 69.9 Å². The van der Waals surface area contributed by atoms with Crippen LogP contribution >= 0.6 is 22.7 Å². The quantitative estimate of drug-likeness (QED) is 0.342. The molecule has 34 heavy (non-hydrogen) atoms. The molecule has 0 aliphatic carbocycles. The summed E-state index contributed by atoms with van der Waals surface area (Å²) >= 11 is 2.83. The summed E-state index contributed by atoms with van der Waals surface area (Å²) in [6.45, 7) is 8.24. The van der Waals surface area contributed by atoms with E-state index in [2.05, 4.69) is 11.9 Å². The minimum absolute atomic E-state index is 0.173. The Morgan fingerprint density at radius 2 is 2.00 bits per heavy atom. The number of nitrogens with zero attached hydrogens (tertiary/aromatic N) is 2. The summed E-state index contributed by atoms with van der Waals surface area (Å²) in [6, 6.07) is 11.0. The fraction of sp³-hybridized carbons (Fsp3) is 0.346. The molecule has 178 valence electrons. The van der Waals surface area contributed by atoms with Crippen molar-refractivity contribution in [2.45, 2.75) is 52.7 Å². The average molecular weight is 497 g/mol. The van der Waals surface area contributed by atoms with Crippen molar-refractivity contribution in [3.63, 3.8) is 0 Å². The second-order valence-electron chi connectivity index (χ2n) is 8.32. The SMILES string of the molecule is CCCCOc1ccc(C=c2sc3n(c2=O)C(c2cccs2)C(C(=O)OC(C)C)=C(C)N=3)cc1. The third-order valence-electron chi connectivity index (χ3n) is 5.34. The van der Waals surface area contributed by atoms with Crippen molar-refractivity contribution in [3.05, 3.63) is 83.2 Å². The van der Waals surface area contributed by atoms with Gasteiger partial charge in [0.2, 0.25) is 0 Å². The van der Waals surface area contributed by atoms with Gasteiger partial charge in [0.15, 0.2) is 4.80 Å². The average Bonchev–Trinajstić information content (AvgIpc) is 3.42. The van der Waals surface area contributed by atoms with Gasteiger partial charge in [0.1, 0.15) is 11.8 Å². The Balaban J connectivity index is 1.75. The first-order chi connectivity index (χ1) is 16.4. The van der Waals surface area contributed by atoms with Gasteiger partial charge in [-0.1, -0.05) is 42.9 Å². The van der Waals surface area contributed by atoms with Crippen LogP contribution in [0.15, 0.2) is 62.8 Å². The van der Waals surface area contributed by atoms with Gasteiger partial charge in [0, 0.05) is 4.88 Å². The van der Waals surface area contributed by atoms with E-state index < -0.39 is 12.0 Å². The summed E-state index contributed by atoms with van der Waals surface area (Å²) in [6.07, 6.45) is 3.69. The molecule has 2 aromatic heterocycles. The van der Waals surface area contributed by atoms with Crippen LogP contribution < -0.4 is 19.6 Å². The first kappa shape index (κ1) is 24.2. The number of hydrogen-bond donors (Lipinski definition) is 0. The lowest BCUT2D eigenvalue weighted by atomic mass is 10.0. The monoisotopic (exact) mass is 496 g/mol. The third-order valence-corrected chi connectivity index (χ3v) is 7.25. The number of fused-ring (bicyclic) bond motifs is 1. The number of rotatable bonds is 8. The van der Waals surface area contributed by atoms with Crippen LogP contribution in [0, 0.1) is 0 Å². The van der Waals surface area contributed by atoms with Gasteiger partial charge in [-0.25, -0.2) is 9.79 Å². The Labute approximate surface area is 206 Å².